The third kappa shape index (κ3) is 2.89. The molecule has 1 aliphatic rings. The van der Waals surface area contributed by atoms with Crippen molar-refractivity contribution in [1.29, 1.82) is 0 Å². The molecular formula is C22H17ClFNO. The fourth-order valence-electron chi connectivity index (χ4n) is 3.61. The minimum Gasteiger partial charge on any atom is -0.327 e. The number of halogens is 2. The van der Waals surface area contributed by atoms with E-state index in [4.69, 9.17) is 11.6 Å². The Morgan fingerprint density at radius 3 is 2.35 bits per heavy atom. The fraction of sp³-hybridized carbons (Fsp3) is 0.136. The topological polar surface area (TPSA) is 20.3 Å². The minimum absolute atomic E-state index is 0.0870. The quantitative estimate of drug-likeness (QED) is 0.606. The summed E-state index contributed by atoms with van der Waals surface area (Å²) in [5.41, 5.74) is 3.17. The number of amides is 1. The molecule has 0 spiro atoms. The maximum Gasteiger partial charge on any atom is 0.257 e. The lowest BCUT2D eigenvalue weighted by Crippen LogP contribution is -2.41. The van der Waals surface area contributed by atoms with Crippen LogP contribution in [0.1, 0.15) is 33.1 Å². The van der Waals surface area contributed by atoms with Crippen LogP contribution >= 0.6 is 11.6 Å². The third-order valence-electron chi connectivity index (χ3n) is 4.85. The van der Waals surface area contributed by atoms with E-state index in [0.717, 1.165) is 17.5 Å². The van der Waals surface area contributed by atoms with E-state index in [9.17, 15) is 9.18 Å². The van der Waals surface area contributed by atoms with Crippen LogP contribution in [0.4, 0.5) is 4.39 Å². The molecule has 1 atom stereocenters. The fourth-order valence-corrected chi connectivity index (χ4v) is 3.85. The summed E-state index contributed by atoms with van der Waals surface area (Å²) in [4.78, 5) is 14.9. The maximum absolute atomic E-state index is 14.2. The van der Waals surface area contributed by atoms with E-state index in [2.05, 4.69) is 6.07 Å². The van der Waals surface area contributed by atoms with Gasteiger partial charge in [0.05, 0.1) is 11.6 Å². The number of rotatable bonds is 2. The first-order valence-electron chi connectivity index (χ1n) is 8.54. The molecule has 0 aromatic heterocycles. The second-order valence-corrected chi connectivity index (χ2v) is 6.76. The van der Waals surface area contributed by atoms with Crippen LogP contribution in [-0.2, 0) is 6.42 Å². The maximum atomic E-state index is 14.2. The Balaban J connectivity index is 1.85. The number of carbonyl (C=O) groups excluding carboxylic acids is 1. The van der Waals surface area contributed by atoms with E-state index < -0.39 is 5.82 Å². The normalized spacial score (nSPS) is 16.2. The highest BCUT2D eigenvalue weighted by atomic mass is 35.5. The van der Waals surface area contributed by atoms with Crippen molar-refractivity contribution in [2.24, 2.45) is 0 Å². The summed E-state index contributed by atoms with van der Waals surface area (Å²) in [5, 5.41) is 0.598. The van der Waals surface area contributed by atoms with Gasteiger partial charge in [-0.1, -0.05) is 66.2 Å². The predicted octanol–water partition coefficient (Wildman–Crippen LogP) is 5.27. The molecule has 26 heavy (non-hydrogen) atoms. The Morgan fingerprint density at radius 2 is 1.58 bits per heavy atom. The molecule has 0 fully saturated rings. The van der Waals surface area contributed by atoms with Crippen molar-refractivity contribution in [3.05, 3.63) is 106 Å². The first-order chi connectivity index (χ1) is 12.7. The Hall–Kier alpha value is -2.65. The number of hydrogen-bond acceptors (Lipinski definition) is 1. The zero-order valence-corrected chi connectivity index (χ0v) is 14.8. The van der Waals surface area contributed by atoms with Gasteiger partial charge in [-0.3, -0.25) is 4.79 Å². The zero-order chi connectivity index (χ0) is 18.1. The van der Waals surface area contributed by atoms with Crippen LogP contribution in [0.2, 0.25) is 5.02 Å². The van der Waals surface area contributed by atoms with Crippen molar-refractivity contribution in [2.75, 3.05) is 6.54 Å². The highest BCUT2D eigenvalue weighted by Crippen LogP contribution is 2.38. The number of benzene rings is 3. The molecule has 3 aromatic rings. The van der Waals surface area contributed by atoms with Gasteiger partial charge in [0.15, 0.2) is 0 Å². The van der Waals surface area contributed by atoms with Gasteiger partial charge in [-0.15, -0.1) is 0 Å². The second kappa shape index (κ2) is 6.93. The summed E-state index contributed by atoms with van der Waals surface area (Å²) in [6.07, 6.45) is 0.733. The van der Waals surface area contributed by atoms with Crippen LogP contribution in [0.25, 0.3) is 0 Å². The average Bonchev–Trinajstić information content (AvgIpc) is 2.67. The summed E-state index contributed by atoms with van der Waals surface area (Å²) in [7, 11) is 0. The average molecular weight is 366 g/mol. The van der Waals surface area contributed by atoms with E-state index in [0.29, 0.717) is 11.6 Å². The highest BCUT2D eigenvalue weighted by Gasteiger charge is 2.34. The molecule has 130 valence electrons. The van der Waals surface area contributed by atoms with Gasteiger partial charge in [0, 0.05) is 11.6 Å². The molecule has 0 N–H and O–H groups in total. The molecule has 4 heteroatoms. The van der Waals surface area contributed by atoms with Crippen LogP contribution in [-0.4, -0.2) is 17.4 Å². The second-order valence-electron chi connectivity index (χ2n) is 6.35. The first kappa shape index (κ1) is 16.8. The van der Waals surface area contributed by atoms with E-state index in [1.165, 1.54) is 17.7 Å². The molecule has 0 aliphatic carbocycles. The van der Waals surface area contributed by atoms with Crippen molar-refractivity contribution in [3.63, 3.8) is 0 Å². The molecule has 1 amide bonds. The summed E-state index contributed by atoms with van der Waals surface area (Å²) < 4.78 is 14.2. The van der Waals surface area contributed by atoms with Gasteiger partial charge in [0.25, 0.3) is 5.91 Å². The SMILES string of the molecule is O=C(c1ccccc1F)N1CCc2ccccc2C1c1ccccc1Cl. The van der Waals surface area contributed by atoms with Crippen LogP contribution < -0.4 is 0 Å². The predicted molar refractivity (Wildman–Crippen MR) is 101 cm³/mol. The Bertz CT molecular complexity index is 972. The van der Waals surface area contributed by atoms with Crippen LogP contribution in [0.15, 0.2) is 72.8 Å². The third-order valence-corrected chi connectivity index (χ3v) is 5.19. The van der Waals surface area contributed by atoms with Crippen molar-refractivity contribution in [3.8, 4) is 0 Å². The molecule has 1 unspecified atom stereocenters. The van der Waals surface area contributed by atoms with Crippen molar-refractivity contribution in [2.45, 2.75) is 12.5 Å². The zero-order valence-electron chi connectivity index (χ0n) is 14.0. The largest absolute Gasteiger partial charge is 0.327 e. The molecule has 1 heterocycles. The van der Waals surface area contributed by atoms with Gasteiger partial charge in [-0.25, -0.2) is 4.39 Å². The Labute approximate surface area is 156 Å². The van der Waals surface area contributed by atoms with E-state index in [-0.39, 0.29) is 17.5 Å². The van der Waals surface area contributed by atoms with Crippen molar-refractivity contribution in [1.82, 2.24) is 4.90 Å². The number of carbonyl (C=O) groups is 1. The first-order valence-corrected chi connectivity index (χ1v) is 8.92. The number of fused-ring (bicyclic) bond motifs is 1. The molecule has 2 nitrogen and oxygen atoms in total. The summed E-state index contributed by atoms with van der Waals surface area (Å²) in [6.45, 7) is 0.514. The van der Waals surface area contributed by atoms with E-state index >= 15 is 0 Å². The van der Waals surface area contributed by atoms with Gasteiger partial charge >= 0.3 is 0 Å². The van der Waals surface area contributed by atoms with Gasteiger partial charge in [-0.2, -0.15) is 0 Å². The summed E-state index contributed by atoms with van der Waals surface area (Å²) in [6, 6.07) is 21.3. The molecule has 1 aliphatic heterocycles. The van der Waals surface area contributed by atoms with Gasteiger partial charge in [0.1, 0.15) is 5.82 Å². The smallest absolute Gasteiger partial charge is 0.257 e. The Kier molecular flexibility index (Phi) is 4.48. The summed E-state index contributed by atoms with van der Waals surface area (Å²) in [5.74, 6) is -0.822. The lowest BCUT2D eigenvalue weighted by atomic mass is 9.87. The highest BCUT2D eigenvalue weighted by molar-refractivity contribution is 6.31. The Morgan fingerprint density at radius 1 is 0.923 bits per heavy atom. The molecule has 0 radical (unpaired) electrons. The van der Waals surface area contributed by atoms with Crippen LogP contribution in [0, 0.1) is 5.82 Å². The standard InChI is InChI=1S/C22H17ClFNO/c23-19-11-5-3-9-17(19)21-16-8-2-1-7-15(16)13-14-25(21)22(26)18-10-4-6-12-20(18)24/h1-12,21H,13-14H2. The van der Waals surface area contributed by atoms with Crippen LogP contribution in [0.3, 0.4) is 0 Å². The molecule has 4 rings (SSSR count). The van der Waals surface area contributed by atoms with E-state index in [1.54, 1.807) is 17.0 Å². The molecule has 3 aromatic carbocycles. The monoisotopic (exact) mass is 365 g/mol. The lowest BCUT2D eigenvalue weighted by molar-refractivity contribution is 0.0690. The molecule has 0 bridgehead atoms. The van der Waals surface area contributed by atoms with Gasteiger partial charge in [0.2, 0.25) is 0 Å². The van der Waals surface area contributed by atoms with Gasteiger partial charge < -0.3 is 4.90 Å². The molecule has 0 saturated heterocycles. The molecule has 0 saturated carbocycles. The molecular weight excluding hydrogens is 349 g/mol. The van der Waals surface area contributed by atoms with Gasteiger partial charge in [-0.05, 0) is 41.3 Å². The van der Waals surface area contributed by atoms with Crippen molar-refractivity contribution >= 4 is 17.5 Å². The summed E-state index contributed by atoms with van der Waals surface area (Å²) >= 11 is 6.46. The van der Waals surface area contributed by atoms with E-state index in [1.807, 2.05) is 42.5 Å². The van der Waals surface area contributed by atoms with Crippen molar-refractivity contribution < 1.29 is 9.18 Å². The van der Waals surface area contributed by atoms with Crippen LogP contribution in [0.5, 0.6) is 0 Å². The minimum atomic E-state index is -0.505. The number of hydrogen-bond donors (Lipinski definition) is 0. The lowest BCUT2D eigenvalue weighted by Gasteiger charge is -2.38. The number of nitrogens with zero attached hydrogens (tertiary/aromatic N) is 1.